The van der Waals surface area contributed by atoms with Crippen molar-refractivity contribution in [1.29, 1.82) is 0 Å². The quantitative estimate of drug-likeness (QED) is 0.326. The third-order valence-corrected chi connectivity index (χ3v) is 4.94. The molecule has 0 aliphatic heterocycles. The molecular weight excluding hydrogens is 397 g/mol. The largest absolute Gasteiger partial charge is 0.483 e. The molecule has 30 heavy (non-hydrogen) atoms. The highest BCUT2D eigenvalue weighted by Gasteiger charge is 2.31. The van der Waals surface area contributed by atoms with Gasteiger partial charge in [-0.15, -0.1) is 0 Å². The summed E-state index contributed by atoms with van der Waals surface area (Å²) in [6.07, 6.45) is 4.77. The van der Waals surface area contributed by atoms with E-state index in [1.54, 1.807) is 33.1 Å². The van der Waals surface area contributed by atoms with Gasteiger partial charge in [0.2, 0.25) is 11.8 Å². The predicted octanol–water partition coefficient (Wildman–Crippen LogP) is 4.75. The lowest BCUT2D eigenvalue weighted by Gasteiger charge is -2.26. The first-order valence-corrected chi connectivity index (χ1v) is 10.2. The molecule has 0 aromatic rings. The van der Waals surface area contributed by atoms with Gasteiger partial charge in [-0.1, -0.05) is 25.2 Å². The van der Waals surface area contributed by atoms with Crippen molar-refractivity contribution in [3.8, 4) is 0 Å². The molecule has 8 heteroatoms. The minimum atomic E-state index is -4.42. The van der Waals surface area contributed by atoms with Gasteiger partial charge >= 0.3 is 6.18 Å². The monoisotopic (exact) mass is 430 g/mol. The van der Waals surface area contributed by atoms with Crippen LogP contribution < -0.4 is 5.32 Å². The topological polar surface area (TPSA) is 59.9 Å². The Balaban J connectivity index is 2.74. The van der Waals surface area contributed by atoms with Gasteiger partial charge in [0, 0.05) is 13.0 Å². The van der Waals surface area contributed by atoms with Crippen LogP contribution in [0.3, 0.4) is 0 Å². The minimum Gasteiger partial charge on any atom is -0.483 e. The van der Waals surface area contributed by atoms with E-state index in [-0.39, 0.29) is 43.3 Å². The molecule has 1 aliphatic carbocycles. The van der Waals surface area contributed by atoms with Crippen molar-refractivity contribution in [1.82, 2.24) is 5.32 Å². The van der Waals surface area contributed by atoms with Gasteiger partial charge in [-0.05, 0) is 50.7 Å². The number of halogens is 3. The van der Waals surface area contributed by atoms with E-state index in [2.05, 4.69) is 10.3 Å². The lowest BCUT2D eigenvalue weighted by atomic mass is 9.87. The van der Waals surface area contributed by atoms with Crippen LogP contribution in [0.5, 0.6) is 0 Å². The molecule has 1 rings (SSSR count). The Morgan fingerprint density at radius 2 is 1.87 bits per heavy atom. The SMILES string of the molecule is C\C=C/C(=C\C(=C\CC)C(F)(F)F)CN=C(CNC(=O)C1CCC(OC)CC1)OC. The number of nitrogens with one attached hydrogen (secondary N) is 1. The number of alkyl halides is 3. The maximum atomic E-state index is 13.2. The van der Waals surface area contributed by atoms with E-state index in [9.17, 15) is 18.0 Å². The number of hydrogen-bond donors (Lipinski definition) is 1. The van der Waals surface area contributed by atoms with Gasteiger partial charge in [-0.2, -0.15) is 13.2 Å². The molecule has 1 aliphatic rings. The van der Waals surface area contributed by atoms with Gasteiger partial charge in [0.1, 0.15) is 0 Å². The molecular formula is C22H33F3N2O3. The molecule has 0 saturated heterocycles. The maximum Gasteiger partial charge on any atom is 0.416 e. The number of nitrogens with zero attached hydrogens (tertiary/aromatic N) is 1. The van der Waals surface area contributed by atoms with Crippen LogP contribution in [0.15, 0.2) is 40.4 Å². The molecule has 0 unspecified atom stereocenters. The molecule has 1 fully saturated rings. The Labute approximate surface area is 177 Å². The average Bonchev–Trinajstić information content (AvgIpc) is 2.72. The summed E-state index contributed by atoms with van der Waals surface area (Å²) in [5.41, 5.74) is -0.305. The van der Waals surface area contributed by atoms with E-state index in [0.29, 0.717) is 5.57 Å². The van der Waals surface area contributed by atoms with Crippen molar-refractivity contribution >= 4 is 11.8 Å². The molecule has 0 radical (unpaired) electrons. The van der Waals surface area contributed by atoms with Crippen LogP contribution in [0.4, 0.5) is 13.2 Å². The molecule has 1 amide bonds. The Hall–Kier alpha value is -2.09. The van der Waals surface area contributed by atoms with Gasteiger partial charge in [-0.25, -0.2) is 4.99 Å². The zero-order valence-corrected chi connectivity index (χ0v) is 18.2. The fourth-order valence-electron chi connectivity index (χ4n) is 3.28. The summed E-state index contributed by atoms with van der Waals surface area (Å²) in [5.74, 6) is 0.127. The summed E-state index contributed by atoms with van der Waals surface area (Å²) < 4.78 is 50.0. The average molecular weight is 431 g/mol. The second-order valence-corrected chi connectivity index (χ2v) is 7.13. The van der Waals surface area contributed by atoms with Gasteiger partial charge in [0.25, 0.3) is 0 Å². The van der Waals surface area contributed by atoms with Gasteiger partial charge in [-0.3, -0.25) is 4.79 Å². The van der Waals surface area contributed by atoms with E-state index < -0.39 is 11.7 Å². The number of methoxy groups -OCH3 is 2. The van der Waals surface area contributed by atoms with Crippen LogP contribution in [0, 0.1) is 5.92 Å². The van der Waals surface area contributed by atoms with E-state index in [0.717, 1.165) is 37.8 Å². The molecule has 0 aromatic carbocycles. The Bertz CT molecular complexity index is 659. The second kappa shape index (κ2) is 13.3. The number of rotatable bonds is 9. The normalized spacial score (nSPS) is 21.8. The number of ether oxygens (including phenoxy) is 2. The molecule has 0 aromatic heterocycles. The molecule has 1 saturated carbocycles. The fraction of sp³-hybridized carbons (Fsp3) is 0.636. The number of amides is 1. The van der Waals surface area contributed by atoms with Crippen LogP contribution in [0.1, 0.15) is 46.0 Å². The molecule has 0 spiro atoms. The standard InChI is InChI=1S/C22H33F3N2O3/c1-5-7-16(13-18(8-6-2)22(23,24)25)14-26-20(30-4)15-27-21(28)17-9-11-19(29-3)12-10-17/h5,7-8,13,17,19H,6,9-12,14-15H2,1-4H3,(H,27,28)/b7-5-,16-13+,18-8-,26-20?. The fourth-order valence-corrected chi connectivity index (χ4v) is 3.28. The van der Waals surface area contributed by atoms with Crippen LogP contribution in [0.2, 0.25) is 0 Å². The third kappa shape index (κ3) is 9.15. The minimum absolute atomic E-state index is 0.0134. The lowest BCUT2D eigenvalue weighted by Crippen LogP contribution is -2.37. The van der Waals surface area contributed by atoms with Crippen molar-refractivity contribution in [2.45, 2.75) is 58.2 Å². The predicted molar refractivity (Wildman–Crippen MR) is 112 cm³/mol. The molecule has 0 atom stereocenters. The molecule has 0 bridgehead atoms. The number of carbonyl (C=O) groups excluding carboxylic acids is 1. The summed E-state index contributed by atoms with van der Waals surface area (Å²) in [6, 6.07) is 0. The zero-order chi connectivity index (χ0) is 22.6. The van der Waals surface area contributed by atoms with E-state index in [4.69, 9.17) is 9.47 Å². The van der Waals surface area contributed by atoms with Crippen LogP contribution >= 0.6 is 0 Å². The number of carbonyl (C=O) groups is 1. The highest BCUT2D eigenvalue weighted by Crippen LogP contribution is 2.28. The van der Waals surface area contributed by atoms with Crippen LogP contribution in [0.25, 0.3) is 0 Å². The lowest BCUT2D eigenvalue weighted by molar-refractivity contribution is -0.126. The summed E-state index contributed by atoms with van der Waals surface area (Å²) >= 11 is 0. The number of allylic oxidation sites excluding steroid dienone is 4. The summed E-state index contributed by atoms with van der Waals surface area (Å²) in [6.45, 7) is 3.49. The summed E-state index contributed by atoms with van der Waals surface area (Å²) in [4.78, 5) is 16.6. The maximum absolute atomic E-state index is 13.2. The van der Waals surface area contributed by atoms with E-state index in [1.165, 1.54) is 7.11 Å². The van der Waals surface area contributed by atoms with Crippen molar-refractivity contribution in [3.63, 3.8) is 0 Å². The molecule has 170 valence electrons. The summed E-state index contributed by atoms with van der Waals surface area (Å²) in [5, 5.41) is 2.81. The molecule has 1 N–H and O–H groups in total. The van der Waals surface area contributed by atoms with Crippen molar-refractivity contribution < 1.29 is 27.4 Å². The number of aliphatic imine (C=N–C) groups is 1. The van der Waals surface area contributed by atoms with Crippen molar-refractivity contribution in [2.75, 3.05) is 27.3 Å². The van der Waals surface area contributed by atoms with Crippen LogP contribution in [-0.4, -0.2) is 51.4 Å². The Morgan fingerprint density at radius 3 is 2.37 bits per heavy atom. The van der Waals surface area contributed by atoms with Crippen LogP contribution in [-0.2, 0) is 14.3 Å². The molecule has 0 heterocycles. The highest BCUT2D eigenvalue weighted by molar-refractivity contribution is 5.85. The molecule has 5 nitrogen and oxygen atoms in total. The van der Waals surface area contributed by atoms with Gasteiger partial charge in [0.05, 0.1) is 31.9 Å². The first-order chi connectivity index (χ1) is 14.2. The van der Waals surface area contributed by atoms with Crippen molar-refractivity contribution in [2.24, 2.45) is 10.9 Å². The van der Waals surface area contributed by atoms with Crippen molar-refractivity contribution in [3.05, 3.63) is 35.5 Å². The Kier molecular flexibility index (Phi) is 11.5. The van der Waals surface area contributed by atoms with E-state index in [1.807, 2.05) is 0 Å². The first-order valence-electron chi connectivity index (χ1n) is 10.2. The second-order valence-electron chi connectivity index (χ2n) is 7.13. The number of hydrogen-bond acceptors (Lipinski definition) is 4. The van der Waals surface area contributed by atoms with Gasteiger partial charge < -0.3 is 14.8 Å². The highest BCUT2D eigenvalue weighted by atomic mass is 19.4. The first kappa shape index (κ1) is 25.9. The van der Waals surface area contributed by atoms with Gasteiger partial charge in [0.15, 0.2) is 0 Å². The third-order valence-electron chi connectivity index (χ3n) is 4.94. The Morgan fingerprint density at radius 1 is 1.20 bits per heavy atom. The summed E-state index contributed by atoms with van der Waals surface area (Å²) in [7, 11) is 3.10. The van der Waals surface area contributed by atoms with E-state index >= 15 is 0 Å². The zero-order valence-electron chi connectivity index (χ0n) is 18.2. The smallest absolute Gasteiger partial charge is 0.416 e.